The van der Waals surface area contributed by atoms with E-state index < -0.39 is 12.0 Å². The lowest BCUT2D eigenvalue weighted by Gasteiger charge is -2.08. The second-order valence-electron chi connectivity index (χ2n) is 6.40. The predicted octanol–water partition coefficient (Wildman–Crippen LogP) is 2.35. The van der Waals surface area contributed by atoms with E-state index in [0.29, 0.717) is 11.4 Å². The Morgan fingerprint density at radius 2 is 1.62 bits per heavy atom. The number of anilines is 1. The zero-order valence-electron chi connectivity index (χ0n) is 16.2. The Morgan fingerprint density at radius 3 is 2.28 bits per heavy atom. The van der Waals surface area contributed by atoms with Gasteiger partial charge in [-0.05, 0) is 24.6 Å². The molecule has 0 bridgehead atoms. The number of ether oxygens (including phenoxy) is 1. The van der Waals surface area contributed by atoms with Gasteiger partial charge < -0.3 is 15.4 Å². The maximum Gasteiger partial charge on any atom is 0.407 e. The van der Waals surface area contributed by atoms with Crippen LogP contribution in [0.3, 0.4) is 0 Å². The molecule has 8 nitrogen and oxygen atoms in total. The molecule has 29 heavy (non-hydrogen) atoms. The largest absolute Gasteiger partial charge is 0.445 e. The summed E-state index contributed by atoms with van der Waals surface area (Å²) in [6.07, 6.45) is -0.713. The lowest BCUT2D eigenvalue weighted by atomic mass is 10.2. The second-order valence-corrected chi connectivity index (χ2v) is 6.40. The van der Waals surface area contributed by atoms with Crippen LogP contribution in [0.5, 0.6) is 0 Å². The van der Waals surface area contributed by atoms with Crippen LogP contribution in [0.1, 0.15) is 11.3 Å². The number of benzene rings is 2. The fourth-order valence-electron chi connectivity index (χ4n) is 2.82. The van der Waals surface area contributed by atoms with Gasteiger partial charge in [-0.2, -0.15) is 0 Å². The highest BCUT2D eigenvalue weighted by Gasteiger charge is 2.18. The van der Waals surface area contributed by atoms with Crippen LogP contribution >= 0.6 is 0 Å². The molecular weight excluding hydrogens is 372 g/mol. The SMILES string of the molecule is Cc1c(NC(=O)CNC(=O)OCc2ccccc2)c(=O)n(-c2ccccc2)n1C. The van der Waals surface area contributed by atoms with E-state index in [4.69, 9.17) is 4.74 Å². The molecule has 0 aliphatic carbocycles. The van der Waals surface area contributed by atoms with Crippen LogP contribution in [0.15, 0.2) is 65.5 Å². The van der Waals surface area contributed by atoms with E-state index in [1.54, 1.807) is 30.8 Å². The predicted molar refractivity (Wildman–Crippen MR) is 109 cm³/mol. The minimum absolute atomic E-state index is 0.105. The van der Waals surface area contributed by atoms with Gasteiger partial charge in [-0.3, -0.25) is 14.3 Å². The molecule has 0 saturated carbocycles. The van der Waals surface area contributed by atoms with Crippen molar-refractivity contribution >= 4 is 17.7 Å². The first-order valence-electron chi connectivity index (χ1n) is 9.06. The number of aromatic nitrogens is 2. The summed E-state index contributed by atoms with van der Waals surface area (Å²) in [6, 6.07) is 18.3. The van der Waals surface area contributed by atoms with Crippen LogP contribution < -0.4 is 16.2 Å². The van der Waals surface area contributed by atoms with Crippen LogP contribution in [0.2, 0.25) is 0 Å². The number of hydrogen-bond donors (Lipinski definition) is 2. The van der Waals surface area contributed by atoms with Crippen molar-refractivity contribution in [2.75, 3.05) is 11.9 Å². The van der Waals surface area contributed by atoms with Crippen molar-refractivity contribution in [2.24, 2.45) is 7.05 Å². The summed E-state index contributed by atoms with van der Waals surface area (Å²) >= 11 is 0. The van der Waals surface area contributed by atoms with Gasteiger partial charge in [0.15, 0.2) is 0 Å². The monoisotopic (exact) mass is 394 g/mol. The number of para-hydroxylation sites is 1. The van der Waals surface area contributed by atoms with Crippen molar-refractivity contribution in [3.63, 3.8) is 0 Å². The van der Waals surface area contributed by atoms with Crippen LogP contribution in [0.4, 0.5) is 10.5 Å². The minimum atomic E-state index is -0.713. The van der Waals surface area contributed by atoms with Gasteiger partial charge in [-0.25, -0.2) is 9.48 Å². The number of carbonyl (C=O) groups is 2. The molecule has 0 fully saturated rings. The van der Waals surface area contributed by atoms with Gasteiger partial charge in [0.1, 0.15) is 18.8 Å². The standard InChI is InChI=1S/C21H22N4O4/c1-15-19(20(27)25(24(15)2)17-11-7-4-8-12-17)23-18(26)13-22-21(28)29-14-16-9-5-3-6-10-16/h3-12H,13-14H2,1-2H3,(H,22,28)(H,23,26). The van der Waals surface area contributed by atoms with Gasteiger partial charge in [0.05, 0.1) is 11.4 Å². The van der Waals surface area contributed by atoms with Crippen LogP contribution in [0, 0.1) is 6.92 Å². The summed E-state index contributed by atoms with van der Waals surface area (Å²) in [4.78, 5) is 36.7. The molecule has 0 radical (unpaired) electrons. The highest BCUT2D eigenvalue weighted by atomic mass is 16.5. The maximum atomic E-state index is 12.8. The molecule has 0 unspecified atom stereocenters. The summed E-state index contributed by atoms with van der Waals surface area (Å²) in [7, 11) is 1.73. The molecule has 150 valence electrons. The van der Waals surface area contributed by atoms with E-state index >= 15 is 0 Å². The van der Waals surface area contributed by atoms with E-state index in [1.807, 2.05) is 48.5 Å². The van der Waals surface area contributed by atoms with Gasteiger partial charge >= 0.3 is 6.09 Å². The fourth-order valence-corrected chi connectivity index (χ4v) is 2.82. The Kier molecular flexibility index (Phi) is 6.13. The first-order valence-corrected chi connectivity index (χ1v) is 9.06. The van der Waals surface area contributed by atoms with E-state index in [0.717, 1.165) is 5.56 Å². The van der Waals surface area contributed by atoms with E-state index in [9.17, 15) is 14.4 Å². The highest BCUT2D eigenvalue weighted by Crippen LogP contribution is 2.13. The molecule has 1 heterocycles. The third-order valence-corrected chi connectivity index (χ3v) is 4.42. The van der Waals surface area contributed by atoms with Crippen molar-refractivity contribution in [2.45, 2.75) is 13.5 Å². The Labute approximate surface area is 167 Å². The minimum Gasteiger partial charge on any atom is -0.445 e. The zero-order chi connectivity index (χ0) is 20.8. The lowest BCUT2D eigenvalue weighted by molar-refractivity contribution is -0.115. The highest BCUT2D eigenvalue weighted by molar-refractivity contribution is 5.94. The van der Waals surface area contributed by atoms with E-state index in [2.05, 4.69) is 10.6 Å². The average Bonchev–Trinajstić information content (AvgIpc) is 2.95. The third-order valence-electron chi connectivity index (χ3n) is 4.42. The first-order chi connectivity index (χ1) is 14.0. The molecule has 2 aromatic carbocycles. The number of hydrogen-bond acceptors (Lipinski definition) is 4. The molecule has 0 saturated heterocycles. The number of nitrogens with one attached hydrogen (secondary N) is 2. The van der Waals surface area contributed by atoms with Crippen molar-refractivity contribution < 1.29 is 14.3 Å². The molecule has 2 amide bonds. The first kappa shape index (κ1) is 19.9. The molecule has 3 aromatic rings. The number of carbonyl (C=O) groups excluding carboxylic acids is 2. The smallest absolute Gasteiger partial charge is 0.407 e. The van der Waals surface area contributed by atoms with Gasteiger partial charge in [0.25, 0.3) is 5.56 Å². The average molecular weight is 394 g/mol. The van der Waals surface area contributed by atoms with Crippen LogP contribution in [0.25, 0.3) is 5.69 Å². The van der Waals surface area contributed by atoms with Gasteiger partial charge in [0, 0.05) is 7.05 Å². The quantitative estimate of drug-likeness (QED) is 0.671. The number of nitrogens with zero attached hydrogens (tertiary/aromatic N) is 2. The Hall–Kier alpha value is -3.81. The zero-order valence-corrected chi connectivity index (χ0v) is 16.2. The topological polar surface area (TPSA) is 94.4 Å². The van der Waals surface area contributed by atoms with E-state index in [1.165, 1.54) is 4.68 Å². The van der Waals surface area contributed by atoms with Crippen molar-refractivity contribution in [3.8, 4) is 5.69 Å². The maximum absolute atomic E-state index is 12.8. The summed E-state index contributed by atoms with van der Waals surface area (Å²) in [5.74, 6) is -0.521. The molecular formula is C21H22N4O4. The molecule has 0 atom stereocenters. The summed E-state index contributed by atoms with van der Waals surface area (Å²) in [5.41, 5.74) is 1.94. The molecule has 1 aromatic heterocycles. The van der Waals surface area contributed by atoms with Gasteiger partial charge in [0.2, 0.25) is 5.91 Å². The number of alkyl carbamates (subject to hydrolysis) is 1. The second kappa shape index (κ2) is 8.92. The molecule has 0 spiro atoms. The Morgan fingerprint density at radius 1 is 1.00 bits per heavy atom. The molecule has 3 rings (SSSR count). The molecule has 0 aliphatic rings. The van der Waals surface area contributed by atoms with Crippen molar-refractivity contribution in [1.82, 2.24) is 14.7 Å². The molecule has 0 aliphatic heterocycles. The summed E-state index contributed by atoms with van der Waals surface area (Å²) < 4.78 is 8.18. The summed E-state index contributed by atoms with van der Waals surface area (Å²) in [6.45, 7) is 1.53. The fraction of sp³-hybridized carbons (Fsp3) is 0.190. The lowest BCUT2D eigenvalue weighted by Crippen LogP contribution is -2.34. The van der Waals surface area contributed by atoms with Gasteiger partial charge in [-0.1, -0.05) is 48.5 Å². The number of rotatable bonds is 6. The third kappa shape index (κ3) is 4.73. The normalized spacial score (nSPS) is 10.4. The van der Waals surface area contributed by atoms with Crippen molar-refractivity contribution in [1.29, 1.82) is 0 Å². The molecule has 2 N–H and O–H groups in total. The summed E-state index contributed by atoms with van der Waals surface area (Å²) in [5, 5.41) is 4.95. The van der Waals surface area contributed by atoms with Crippen LogP contribution in [-0.2, 0) is 23.2 Å². The van der Waals surface area contributed by atoms with Gasteiger partial charge in [-0.15, -0.1) is 0 Å². The van der Waals surface area contributed by atoms with E-state index in [-0.39, 0.29) is 24.4 Å². The van der Waals surface area contributed by atoms with Crippen molar-refractivity contribution in [3.05, 3.63) is 82.3 Å². The van der Waals surface area contributed by atoms with Crippen LogP contribution in [-0.4, -0.2) is 27.9 Å². The number of amides is 2. The Balaban J connectivity index is 1.60. The Bertz CT molecular complexity index is 1060. The molecule has 8 heteroatoms.